The molecule has 0 radical (unpaired) electrons. The topological polar surface area (TPSA) is 67.4 Å². The molecule has 2 aromatic carbocycles. The average Bonchev–Trinajstić information content (AvgIpc) is 2.63. The molecule has 0 unspecified atom stereocenters. The van der Waals surface area contributed by atoms with Gasteiger partial charge in [-0.1, -0.05) is 31.2 Å². The zero-order chi connectivity index (χ0) is 19.8. The third-order valence-corrected chi connectivity index (χ3v) is 3.97. The molecule has 142 valence electrons. The Balaban J connectivity index is 2.15. The van der Waals surface area contributed by atoms with E-state index in [0.29, 0.717) is 30.0 Å². The van der Waals surface area contributed by atoms with Crippen LogP contribution in [0, 0.1) is 13.8 Å². The van der Waals surface area contributed by atoms with Crippen LogP contribution in [0.1, 0.15) is 34.8 Å². The Kier molecular flexibility index (Phi) is 7.17. The number of ether oxygens (including phenoxy) is 1. The normalized spacial score (nSPS) is 11.4. The van der Waals surface area contributed by atoms with Crippen LogP contribution < -0.4 is 15.4 Å². The highest BCUT2D eigenvalue weighted by Gasteiger charge is 2.21. The van der Waals surface area contributed by atoms with Crippen molar-refractivity contribution in [3.8, 4) is 5.75 Å². The van der Waals surface area contributed by atoms with Crippen molar-refractivity contribution >= 4 is 17.5 Å². The van der Waals surface area contributed by atoms with Crippen LogP contribution >= 0.6 is 0 Å². The van der Waals surface area contributed by atoms with E-state index >= 15 is 0 Å². The first-order chi connectivity index (χ1) is 12.9. The molecule has 0 aliphatic carbocycles. The zero-order valence-electron chi connectivity index (χ0n) is 16.0. The molecule has 0 aliphatic heterocycles. The molecule has 2 rings (SSSR count). The van der Waals surface area contributed by atoms with Crippen LogP contribution in [0.4, 0.5) is 5.69 Å². The molecule has 5 nitrogen and oxygen atoms in total. The maximum Gasteiger partial charge on any atom is 0.265 e. The highest BCUT2D eigenvalue weighted by molar-refractivity contribution is 6.04. The number of nitrogens with one attached hydrogen (secondary N) is 2. The molecule has 2 amide bonds. The average molecular weight is 366 g/mol. The Morgan fingerprint density at radius 1 is 1.15 bits per heavy atom. The summed E-state index contributed by atoms with van der Waals surface area (Å²) in [5.41, 5.74) is 2.99. The number of benzene rings is 2. The van der Waals surface area contributed by atoms with Gasteiger partial charge in [0.25, 0.3) is 11.8 Å². The third-order valence-electron chi connectivity index (χ3n) is 3.97. The van der Waals surface area contributed by atoms with Gasteiger partial charge >= 0.3 is 0 Å². The van der Waals surface area contributed by atoms with Gasteiger partial charge in [0, 0.05) is 6.54 Å². The summed E-state index contributed by atoms with van der Waals surface area (Å²) < 4.78 is 5.90. The van der Waals surface area contributed by atoms with Crippen molar-refractivity contribution in [2.24, 2.45) is 0 Å². The Bertz CT molecular complexity index is 810. The quantitative estimate of drug-likeness (QED) is 0.694. The van der Waals surface area contributed by atoms with Gasteiger partial charge in [0.15, 0.2) is 6.10 Å². The summed E-state index contributed by atoms with van der Waals surface area (Å²) in [7, 11) is 0. The van der Waals surface area contributed by atoms with Gasteiger partial charge in [0.2, 0.25) is 0 Å². The fraction of sp³-hybridized carbons (Fsp3) is 0.273. The summed E-state index contributed by atoms with van der Waals surface area (Å²) in [5, 5.41) is 5.54. The van der Waals surface area contributed by atoms with Crippen molar-refractivity contribution in [3.63, 3.8) is 0 Å². The molecular formula is C22H26N2O3. The second-order valence-electron chi connectivity index (χ2n) is 6.37. The summed E-state index contributed by atoms with van der Waals surface area (Å²) in [6.45, 7) is 9.79. The molecule has 0 aromatic heterocycles. The van der Waals surface area contributed by atoms with E-state index in [2.05, 4.69) is 17.2 Å². The minimum atomic E-state index is -0.657. The van der Waals surface area contributed by atoms with Crippen LogP contribution in [0.5, 0.6) is 5.75 Å². The van der Waals surface area contributed by atoms with Gasteiger partial charge in [0.05, 0.1) is 11.3 Å². The lowest BCUT2D eigenvalue weighted by Gasteiger charge is -2.19. The predicted octanol–water partition coefficient (Wildman–Crippen LogP) is 4.02. The van der Waals surface area contributed by atoms with Crippen LogP contribution in [0.3, 0.4) is 0 Å². The van der Waals surface area contributed by atoms with Gasteiger partial charge in [-0.3, -0.25) is 9.59 Å². The summed E-state index contributed by atoms with van der Waals surface area (Å²) in [5.74, 6) is 0.0983. The van der Waals surface area contributed by atoms with Crippen molar-refractivity contribution in [2.75, 3.05) is 11.9 Å². The van der Waals surface area contributed by atoms with Crippen LogP contribution in [0.25, 0.3) is 0 Å². The summed E-state index contributed by atoms with van der Waals surface area (Å²) in [4.78, 5) is 25.0. The van der Waals surface area contributed by atoms with Gasteiger partial charge in [-0.15, -0.1) is 6.58 Å². The van der Waals surface area contributed by atoms with Crippen molar-refractivity contribution in [3.05, 3.63) is 71.8 Å². The summed E-state index contributed by atoms with van der Waals surface area (Å²) >= 11 is 0. The number of anilines is 1. The van der Waals surface area contributed by atoms with Gasteiger partial charge in [-0.05, 0) is 55.7 Å². The Labute approximate surface area is 160 Å². The van der Waals surface area contributed by atoms with E-state index < -0.39 is 6.10 Å². The second-order valence-corrected chi connectivity index (χ2v) is 6.37. The maximum atomic E-state index is 12.7. The Morgan fingerprint density at radius 3 is 2.44 bits per heavy atom. The lowest BCUT2D eigenvalue weighted by atomic mass is 10.1. The molecular weight excluding hydrogens is 340 g/mol. The maximum absolute atomic E-state index is 12.7. The largest absolute Gasteiger partial charge is 0.481 e. The molecule has 5 heteroatoms. The molecule has 1 atom stereocenters. The van der Waals surface area contributed by atoms with Crippen LogP contribution in [0.15, 0.2) is 55.1 Å². The van der Waals surface area contributed by atoms with Crippen LogP contribution in [0.2, 0.25) is 0 Å². The number of hydrogen-bond acceptors (Lipinski definition) is 3. The lowest BCUT2D eigenvalue weighted by Crippen LogP contribution is -2.33. The molecule has 0 saturated carbocycles. The number of aryl methyl sites for hydroxylation is 2. The van der Waals surface area contributed by atoms with Gasteiger partial charge < -0.3 is 15.4 Å². The number of carbonyl (C=O) groups is 2. The van der Waals surface area contributed by atoms with Crippen molar-refractivity contribution in [1.82, 2.24) is 5.32 Å². The molecule has 0 aliphatic rings. The molecule has 0 heterocycles. The van der Waals surface area contributed by atoms with E-state index in [1.165, 1.54) is 0 Å². The van der Waals surface area contributed by atoms with E-state index in [4.69, 9.17) is 4.74 Å². The smallest absolute Gasteiger partial charge is 0.265 e. The van der Waals surface area contributed by atoms with Crippen molar-refractivity contribution in [2.45, 2.75) is 33.3 Å². The fourth-order valence-corrected chi connectivity index (χ4v) is 2.75. The number of rotatable bonds is 8. The molecule has 0 spiro atoms. The predicted molar refractivity (Wildman–Crippen MR) is 108 cm³/mol. The van der Waals surface area contributed by atoms with Crippen LogP contribution in [-0.2, 0) is 4.79 Å². The van der Waals surface area contributed by atoms with E-state index in [1.807, 2.05) is 39.0 Å². The van der Waals surface area contributed by atoms with E-state index in [1.54, 1.807) is 30.3 Å². The Morgan fingerprint density at radius 2 is 1.81 bits per heavy atom. The first kappa shape index (κ1) is 20.2. The third kappa shape index (κ3) is 5.71. The molecule has 0 saturated heterocycles. The van der Waals surface area contributed by atoms with Gasteiger partial charge in [-0.25, -0.2) is 0 Å². The van der Waals surface area contributed by atoms with Gasteiger partial charge in [0.1, 0.15) is 5.75 Å². The Hall–Kier alpha value is -3.08. The number of carbonyl (C=O) groups excluding carboxylic acids is 2. The van der Waals surface area contributed by atoms with E-state index in [-0.39, 0.29) is 11.8 Å². The minimum Gasteiger partial charge on any atom is -0.481 e. The summed E-state index contributed by atoms with van der Waals surface area (Å²) in [6, 6.07) is 12.7. The number of para-hydroxylation sites is 1. The minimum absolute atomic E-state index is 0.269. The molecule has 2 aromatic rings. The van der Waals surface area contributed by atoms with Gasteiger partial charge in [-0.2, -0.15) is 0 Å². The van der Waals surface area contributed by atoms with E-state index in [0.717, 1.165) is 11.1 Å². The highest BCUT2D eigenvalue weighted by atomic mass is 16.5. The molecule has 27 heavy (non-hydrogen) atoms. The molecule has 2 N–H and O–H groups in total. The monoisotopic (exact) mass is 366 g/mol. The lowest BCUT2D eigenvalue weighted by molar-refractivity contribution is -0.122. The molecule has 0 fully saturated rings. The summed E-state index contributed by atoms with van der Waals surface area (Å²) in [6.07, 6.45) is 1.45. The standard InChI is InChI=1S/C22H26N2O3/c1-5-11-23-21(25)18-9-7-8-10-19(18)24-22(26)20(6-2)27-17-13-15(3)12-16(4)14-17/h5,7-10,12-14,20H,1,6,11H2,2-4H3,(H,23,25)(H,24,26)/t20-/m0/s1. The SMILES string of the molecule is C=CCNC(=O)c1ccccc1NC(=O)[C@H](CC)Oc1cc(C)cc(C)c1. The number of hydrogen-bond donors (Lipinski definition) is 2. The first-order valence-electron chi connectivity index (χ1n) is 8.98. The first-order valence-corrected chi connectivity index (χ1v) is 8.98. The molecule has 0 bridgehead atoms. The zero-order valence-corrected chi connectivity index (χ0v) is 16.0. The fourth-order valence-electron chi connectivity index (χ4n) is 2.75. The van der Waals surface area contributed by atoms with Crippen molar-refractivity contribution < 1.29 is 14.3 Å². The number of amides is 2. The van der Waals surface area contributed by atoms with E-state index in [9.17, 15) is 9.59 Å². The highest BCUT2D eigenvalue weighted by Crippen LogP contribution is 2.20. The van der Waals surface area contributed by atoms with Crippen LogP contribution in [-0.4, -0.2) is 24.5 Å². The second kappa shape index (κ2) is 9.57. The van der Waals surface area contributed by atoms with Crippen molar-refractivity contribution in [1.29, 1.82) is 0 Å².